The number of aryl methyl sites for hydroxylation is 2. The van der Waals surface area contributed by atoms with Gasteiger partial charge < -0.3 is 4.98 Å². The zero-order chi connectivity index (χ0) is 13.8. The van der Waals surface area contributed by atoms with Gasteiger partial charge in [0.25, 0.3) is 0 Å². The van der Waals surface area contributed by atoms with Gasteiger partial charge >= 0.3 is 0 Å². The maximum absolute atomic E-state index is 8.73. The van der Waals surface area contributed by atoms with E-state index in [1.165, 1.54) is 5.56 Å². The highest BCUT2D eigenvalue weighted by Gasteiger charge is 2.04. The van der Waals surface area contributed by atoms with E-state index >= 15 is 0 Å². The molecular weight excluding hydrogens is 246 g/mol. The largest absolute Gasteiger partial charge is 0.342 e. The second-order valence-electron chi connectivity index (χ2n) is 4.86. The number of aromatic nitrogens is 2. The summed E-state index contributed by atoms with van der Waals surface area (Å²) >= 11 is 0. The minimum atomic E-state index is 0.439. The molecule has 20 heavy (non-hydrogen) atoms. The van der Waals surface area contributed by atoms with Crippen molar-refractivity contribution >= 4 is 11.0 Å². The molecule has 0 unspecified atom stereocenters. The Kier molecular flexibility index (Phi) is 3.47. The number of aromatic amines is 1. The summed E-state index contributed by atoms with van der Waals surface area (Å²) < 4.78 is 0. The molecule has 0 atom stereocenters. The monoisotopic (exact) mass is 261 g/mol. The molecule has 0 amide bonds. The number of fused-ring (bicyclic) bond motifs is 1. The van der Waals surface area contributed by atoms with E-state index in [0.29, 0.717) is 6.42 Å². The first-order chi connectivity index (χ1) is 9.85. The quantitative estimate of drug-likeness (QED) is 0.782. The van der Waals surface area contributed by atoms with Gasteiger partial charge in [0.15, 0.2) is 0 Å². The van der Waals surface area contributed by atoms with Crippen molar-refractivity contribution in [1.29, 1.82) is 5.26 Å². The van der Waals surface area contributed by atoms with Crippen molar-refractivity contribution in [3.8, 4) is 6.07 Å². The summed E-state index contributed by atoms with van der Waals surface area (Å²) in [5.74, 6) is 0.998. The highest BCUT2D eigenvalue weighted by atomic mass is 14.9. The second-order valence-corrected chi connectivity index (χ2v) is 4.86. The predicted molar refractivity (Wildman–Crippen MR) is 79.3 cm³/mol. The second kappa shape index (κ2) is 5.58. The van der Waals surface area contributed by atoms with Crippen LogP contribution in [0.5, 0.6) is 0 Å². The van der Waals surface area contributed by atoms with Crippen LogP contribution in [0.2, 0.25) is 0 Å². The Morgan fingerprint density at radius 3 is 2.65 bits per heavy atom. The summed E-state index contributed by atoms with van der Waals surface area (Å²) in [6.07, 6.45) is 2.31. The van der Waals surface area contributed by atoms with E-state index in [9.17, 15) is 0 Å². The molecule has 0 aliphatic heterocycles. The molecule has 0 saturated heterocycles. The summed E-state index contributed by atoms with van der Waals surface area (Å²) in [5, 5.41) is 8.73. The maximum atomic E-state index is 8.73. The van der Waals surface area contributed by atoms with E-state index in [0.717, 1.165) is 35.3 Å². The van der Waals surface area contributed by atoms with Gasteiger partial charge in [-0.2, -0.15) is 5.26 Å². The van der Waals surface area contributed by atoms with Gasteiger partial charge in [-0.05, 0) is 29.7 Å². The fraction of sp³-hybridized carbons (Fsp3) is 0.176. The van der Waals surface area contributed by atoms with Crippen LogP contribution in [-0.4, -0.2) is 9.97 Å². The van der Waals surface area contributed by atoms with Gasteiger partial charge in [0.2, 0.25) is 0 Å². The average Bonchev–Trinajstić information content (AvgIpc) is 2.89. The molecule has 1 N–H and O–H groups in total. The molecule has 3 aromatic rings. The third kappa shape index (κ3) is 2.70. The van der Waals surface area contributed by atoms with Crippen LogP contribution in [0.15, 0.2) is 48.5 Å². The molecular formula is C17H15N3. The molecule has 0 spiro atoms. The molecule has 0 saturated carbocycles. The lowest BCUT2D eigenvalue weighted by Crippen LogP contribution is -1.92. The first kappa shape index (κ1) is 12.4. The highest BCUT2D eigenvalue weighted by Crippen LogP contribution is 2.15. The Morgan fingerprint density at radius 2 is 1.85 bits per heavy atom. The van der Waals surface area contributed by atoms with Crippen molar-refractivity contribution in [2.75, 3.05) is 0 Å². The van der Waals surface area contributed by atoms with Gasteiger partial charge in [-0.15, -0.1) is 0 Å². The SMILES string of the molecule is N#CCc1ccc2nc(CCc3ccccc3)[nH]c2c1. The lowest BCUT2D eigenvalue weighted by molar-refractivity contribution is 0.890. The number of imidazole rings is 1. The lowest BCUT2D eigenvalue weighted by Gasteiger charge is -1.97. The van der Waals surface area contributed by atoms with Crippen LogP contribution < -0.4 is 0 Å². The molecule has 3 nitrogen and oxygen atoms in total. The van der Waals surface area contributed by atoms with E-state index in [1.807, 2.05) is 24.3 Å². The third-order valence-corrected chi connectivity index (χ3v) is 3.37. The zero-order valence-corrected chi connectivity index (χ0v) is 11.1. The number of hydrogen-bond donors (Lipinski definition) is 1. The smallest absolute Gasteiger partial charge is 0.107 e. The van der Waals surface area contributed by atoms with Gasteiger partial charge in [-0.3, -0.25) is 0 Å². The number of benzene rings is 2. The van der Waals surface area contributed by atoms with E-state index in [1.54, 1.807) is 0 Å². The topological polar surface area (TPSA) is 52.5 Å². The lowest BCUT2D eigenvalue weighted by atomic mass is 10.1. The van der Waals surface area contributed by atoms with Crippen molar-refractivity contribution in [2.24, 2.45) is 0 Å². The standard InChI is InChI=1S/C17H15N3/c18-11-10-14-6-8-15-16(12-14)20-17(19-15)9-7-13-4-2-1-3-5-13/h1-6,8,12H,7,9-10H2,(H,19,20). The van der Waals surface area contributed by atoms with Crippen molar-refractivity contribution in [2.45, 2.75) is 19.3 Å². The number of hydrogen-bond acceptors (Lipinski definition) is 2. The number of nitrogens with one attached hydrogen (secondary N) is 1. The van der Waals surface area contributed by atoms with Crippen LogP contribution >= 0.6 is 0 Å². The van der Waals surface area contributed by atoms with Crippen LogP contribution in [0.25, 0.3) is 11.0 Å². The predicted octanol–water partition coefficient (Wildman–Crippen LogP) is 3.41. The number of H-pyrrole nitrogens is 1. The molecule has 0 radical (unpaired) electrons. The molecule has 98 valence electrons. The van der Waals surface area contributed by atoms with Crippen molar-refractivity contribution in [3.05, 3.63) is 65.5 Å². The Balaban J connectivity index is 1.77. The van der Waals surface area contributed by atoms with Crippen LogP contribution in [-0.2, 0) is 19.3 Å². The Hall–Kier alpha value is -2.60. The first-order valence-electron chi connectivity index (χ1n) is 6.73. The summed E-state index contributed by atoms with van der Waals surface area (Å²) in [6.45, 7) is 0. The number of nitrogens with zero attached hydrogens (tertiary/aromatic N) is 2. The first-order valence-corrected chi connectivity index (χ1v) is 6.73. The van der Waals surface area contributed by atoms with E-state index in [-0.39, 0.29) is 0 Å². The van der Waals surface area contributed by atoms with E-state index < -0.39 is 0 Å². The molecule has 3 rings (SSSR count). The van der Waals surface area contributed by atoms with Gasteiger partial charge in [0, 0.05) is 6.42 Å². The van der Waals surface area contributed by atoms with Gasteiger partial charge in [0.1, 0.15) is 5.82 Å². The molecule has 0 aliphatic rings. The van der Waals surface area contributed by atoms with Crippen LogP contribution in [0.1, 0.15) is 17.0 Å². The third-order valence-electron chi connectivity index (χ3n) is 3.37. The zero-order valence-electron chi connectivity index (χ0n) is 11.1. The number of nitriles is 1. The fourth-order valence-corrected chi connectivity index (χ4v) is 2.34. The van der Waals surface area contributed by atoms with Gasteiger partial charge in [-0.25, -0.2) is 4.98 Å². The highest BCUT2D eigenvalue weighted by molar-refractivity contribution is 5.76. The number of rotatable bonds is 4. The Morgan fingerprint density at radius 1 is 1.00 bits per heavy atom. The van der Waals surface area contributed by atoms with Crippen molar-refractivity contribution in [1.82, 2.24) is 9.97 Å². The van der Waals surface area contributed by atoms with E-state index in [2.05, 4.69) is 40.3 Å². The molecule has 0 bridgehead atoms. The molecule has 1 aromatic heterocycles. The van der Waals surface area contributed by atoms with Crippen LogP contribution in [0.3, 0.4) is 0 Å². The van der Waals surface area contributed by atoms with Crippen molar-refractivity contribution in [3.63, 3.8) is 0 Å². The van der Waals surface area contributed by atoms with Crippen molar-refractivity contribution < 1.29 is 0 Å². The van der Waals surface area contributed by atoms with Crippen LogP contribution in [0.4, 0.5) is 0 Å². The summed E-state index contributed by atoms with van der Waals surface area (Å²) in [7, 11) is 0. The minimum absolute atomic E-state index is 0.439. The Bertz CT molecular complexity index is 751. The molecule has 1 heterocycles. The minimum Gasteiger partial charge on any atom is -0.342 e. The van der Waals surface area contributed by atoms with Crippen LogP contribution in [0, 0.1) is 11.3 Å². The normalized spacial score (nSPS) is 10.6. The summed E-state index contributed by atoms with van der Waals surface area (Å²) in [6, 6.07) is 18.5. The molecule has 0 fully saturated rings. The molecule has 2 aromatic carbocycles. The molecule has 0 aliphatic carbocycles. The van der Waals surface area contributed by atoms with E-state index in [4.69, 9.17) is 5.26 Å². The fourth-order valence-electron chi connectivity index (χ4n) is 2.34. The maximum Gasteiger partial charge on any atom is 0.107 e. The van der Waals surface area contributed by atoms with Gasteiger partial charge in [-0.1, -0.05) is 36.4 Å². The molecule has 3 heteroatoms. The summed E-state index contributed by atoms with van der Waals surface area (Å²) in [5.41, 5.74) is 4.33. The summed E-state index contributed by atoms with van der Waals surface area (Å²) in [4.78, 5) is 7.93. The average molecular weight is 261 g/mol. The Labute approximate surface area is 117 Å². The van der Waals surface area contributed by atoms with Gasteiger partial charge in [0.05, 0.1) is 23.5 Å².